The Labute approximate surface area is 194 Å². The molecule has 33 heavy (non-hydrogen) atoms. The number of nitrogens with one attached hydrogen (secondary N) is 2. The van der Waals surface area contributed by atoms with E-state index in [1.54, 1.807) is 53.4 Å². The van der Waals surface area contributed by atoms with Crippen molar-refractivity contribution in [2.75, 3.05) is 18.4 Å². The molecule has 3 aromatic rings. The third-order valence-electron chi connectivity index (χ3n) is 5.42. The standard InChI is InChI=1S/C27H29N3O3/c1-3-30(4-2)27(33)24(19-20-13-7-5-8-14-20)29-26(32)22-17-11-12-18-23(22)28-25(31)21-15-9-6-10-16-21/h5-18,24H,3-4,19H2,1-2H3,(H,28,31)(H,29,32)/t24-/m0/s1. The van der Waals surface area contributed by atoms with Crippen molar-refractivity contribution in [3.05, 3.63) is 102 Å². The van der Waals surface area contributed by atoms with Gasteiger partial charge in [0, 0.05) is 25.1 Å². The molecule has 1 atom stereocenters. The lowest BCUT2D eigenvalue weighted by Gasteiger charge is -2.26. The van der Waals surface area contributed by atoms with E-state index in [0.29, 0.717) is 36.3 Å². The fraction of sp³-hybridized carbons (Fsp3) is 0.222. The number of benzene rings is 3. The predicted octanol–water partition coefficient (Wildman–Crippen LogP) is 4.15. The van der Waals surface area contributed by atoms with Crippen LogP contribution < -0.4 is 10.6 Å². The van der Waals surface area contributed by atoms with Gasteiger partial charge in [0.05, 0.1) is 11.3 Å². The van der Waals surface area contributed by atoms with Crippen molar-refractivity contribution in [3.63, 3.8) is 0 Å². The lowest BCUT2D eigenvalue weighted by molar-refractivity contribution is -0.132. The lowest BCUT2D eigenvalue weighted by Crippen LogP contribution is -2.49. The molecule has 0 radical (unpaired) electrons. The van der Waals surface area contributed by atoms with Gasteiger partial charge in [-0.2, -0.15) is 0 Å². The minimum Gasteiger partial charge on any atom is -0.341 e. The van der Waals surface area contributed by atoms with Gasteiger partial charge in [0.1, 0.15) is 6.04 Å². The van der Waals surface area contributed by atoms with Crippen molar-refractivity contribution in [1.29, 1.82) is 0 Å². The second-order valence-electron chi connectivity index (χ2n) is 7.59. The number of rotatable bonds is 9. The van der Waals surface area contributed by atoms with Crippen LogP contribution >= 0.6 is 0 Å². The zero-order chi connectivity index (χ0) is 23.6. The number of hydrogen-bond donors (Lipinski definition) is 2. The molecule has 3 rings (SSSR count). The number of carbonyl (C=O) groups excluding carboxylic acids is 3. The molecule has 0 spiro atoms. The zero-order valence-electron chi connectivity index (χ0n) is 19.0. The van der Waals surface area contributed by atoms with Gasteiger partial charge in [0.15, 0.2) is 0 Å². The summed E-state index contributed by atoms with van der Waals surface area (Å²) in [4.78, 5) is 40.7. The maximum absolute atomic E-state index is 13.3. The molecule has 170 valence electrons. The molecule has 0 saturated carbocycles. The summed E-state index contributed by atoms with van der Waals surface area (Å²) in [5.74, 6) is -0.862. The average Bonchev–Trinajstić information content (AvgIpc) is 2.85. The summed E-state index contributed by atoms with van der Waals surface area (Å²) in [5.41, 5.74) is 2.13. The van der Waals surface area contributed by atoms with Gasteiger partial charge in [-0.05, 0) is 43.7 Å². The second-order valence-corrected chi connectivity index (χ2v) is 7.59. The first-order valence-corrected chi connectivity index (χ1v) is 11.1. The Kier molecular flexibility index (Phi) is 8.36. The fourth-order valence-corrected chi connectivity index (χ4v) is 3.62. The van der Waals surface area contributed by atoms with Gasteiger partial charge >= 0.3 is 0 Å². The van der Waals surface area contributed by atoms with E-state index < -0.39 is 11.9 Å². The molecule has 0 aliphatic carbocycles. The molecule has 0 unspecified atom stereocenters. The third-order valence-corrected chi connectivity index (χ3v) is 5.42. The first-order chi connectivity index (χ1) is 16.0. The van der Waals surface area contributed by atoms with Crippen molar-refractivity contribution >= 4 is 23.4 Å². The molecule has 6 nitrogen and oxygen atoms in total. The summed E-state index contributed by atoms with van der Waals surface area (Å²) in [6.45, 7) is 4.94. The average molecular weight is 444 g/mol. The van der Waals surface area contributed by atoms with E-state index in [9.17, 15) is 14.4 Å². The number of hydrogen-bond acceptors (Lipinski definition) is 3. The van der Waals surface area contributed by atoms with Gasteiger partial charge in [-0.1, -0.05) is 60.7 Å². The molecule has 2 N–H and O–H groups in total. The topological polar surface area (TPSA) is 78.5 Å². The number of para-hydroxylation sites is 1. The predicted molar refractivity (Wildman–Crippen MR) is 130 cm³/mol. The molecule has 0 saturated heterocycles. The summed E-state index contributed by atoms with van der Waals surface area (Å²) < 4.78 is 0. The van der Waals surface area contributed by atoms with Crippen molar-refractivity contribution in [2.45, 2.75) is 26.3 Å². The summed E-state index contributed by atoms with van der Waals surface area (Å²) in [6, 6.07) is 24.5. The molecule has 0 aliphatic rings. The molecule has 0 aliphatic heterocycles. The van der Waals surface area contributed by atoms with Gasteiger partial charge in [0.2, 0.25) is 5.91 Å². The van der Waals surface area contributed by atoms with Crippen molar-refractivity contribution < 1.29 is 14.4 Å². The van der Waals surface area contributed by atoms with E-state index in [0.717, 1.165) is 5.56 Å². The molecule has 0 bridgehead atoms. The summed E-state index contributed by atoms with van der Waals surface area (Å²) >= 11 is 0. The van der Waals surface area contributed by atoms with Gasteiger partial charge in [-0.3, -0.25) is 14.4 Å². The SMILES string of the molecule is CCN(CC)C(=O)[C@H](Cc1ccccc1)NC(=O)c1ccccc1NC(=O)c1ccccc1. The third kappa shape index (κ3) is 6.29. The van der Waals surface area contributed by atoms with Gasteiger partial charge in [-0.25, -0.2) is 0 Å². The van der Waals surface area contributed by atoms with Crippen LogP contribution in [-0.4, -0.2) is 41.8 Å². The Morgan fingerprint density at radius 2 is 1.33 bits per heavy atom. The molecule has 0 aromatic heterocycles. The van der Waals surface area contributed by atoms with Crippen LogP contribution in [0.25, 0.3) is 0 Å². The smallest absolute Gasteiger partial charge is 0.255 e. The molecule has 6 heteroatoms. The van der Waals surface area contributed by atoms with Gasteiger partial charge in [0.25, 0.3) is 11.8 Å². The summed E-state index contributed by atoms with van der Waals surface area (Å²) in [7, 11) is 0. The van der Waals surface area contributed by atoms with Crippen molar-refractivity contribution in [2.24, 2.45) is 0 Å². The van der Waals surface area contributed by atoms with Crippen LogP contribution in [0.3, 0.4) is 0 Å². The van der Waals surface area contributed by atoms with Crippen LogP contribution in [0.4, 0.5) is 5.69 Å². The highest BCUT2D eigenvalue weighted by Gasteiger charge is 2.26. The van der Waals surface area contributed by atoms with E-state index in [4.69, 9.17) is 0 Å². The van der Waals surface area contributed by atoms with E-state index in [1.807, 2.05) is 50.2 Å². The van der Waals surface area contributed by atoms with Gasteiger partial charge in [-0.15, -0.1) is 0 Å². The Balaban J connectivity index is 1.83. The van der Waals surface area contributed by atoms with Crippen LogP contribution in [-0.2, 0) is 11.2 Å². The normalized spacial score (nSPS) is 11.3. The largest absolute Gasteiger partial charge is 0.341 e. The van der Waals surface area contributed by atoms with E-state index in [-0.39, 0.29) is 11.8 Å². The number of carbonyl (C=O) groups is 3. The molecule has 3 aromatic carbocycles. The van der Waals surface area contributed by atoms with Crippen LogP contribution in [0.5, 0.6) is 0 Å². The first kappa shape index (κ1) is 23.7. The maximum atomic E-state index is 13.3. The maximum Gasteiger partial charge on any atom is 0.255 e. The van der Waals surface area contributed by atoms with Crippen molar-refractivity contribution in [1.82, 2.24) is 10.2 Å². The Bertz CT molecular complexity index is 1080. The highest BCUT2D eigenvalue weighted by Crippen LogP contribution is 2.17. The minimum absolute atomic E-state index is 0.136. The summed E-state index contributed by atoms with van der Waals surface area (Å²) in [6.07, 6.45) is 0.375. The summed E-state index contributed by atoms with van der Waals surface area (Å²) in [5, 5.41) is 5.71. The molecular formula is C27H29N3O3. The Morgan fingerprint density at radius 3 is 1.97 bits per heavy atom. The highest BCUT2D eigenvalue weighted by molar-refractivity contribution is 6.09. The lowest BCUT2D eigenvalue weighted by atomic mass is 10.0. The number of nitrogens with zero attached hydrogens (tertiary/aromatic N) is 1. The van der Waals surface area contributed by atoms with E-state index in [2.05, 4.69) is 10.6 Å². The fourth-order valence-electron chi connectivity index (χ4n) is 3.62. The molecule has 0 heterocycles. The number of likely N-dealkylation sites (N-methyl/N-ethyl adjacent to an activating group) is 1. The zero-order valence-corrected chi connectivity index (χ0v) is 19.0. The highest BCUT2D eigenvalue weighted by atomic mass is 16.2. The van der Waals surface area contributed by atoms with Crippen LogP contribution in [0.15, 0.2) is 84.9 Å². The van der Waals surface area contributed by atoms with E-state index in [1.165, 1.54) is 0 Å². The molecular weight excluding hydrogens is 414 g/mol. The van der Waals surface area contributed by atoms with Crippen molar-refractivity contribution in [3.8, 4) is 0 Å². The Hall–Kier alpha value is -3.93. The Morgan fingerprint density at radius 1 is 0.758 bits per heavy atom. The van der Waals surface area contributed by atoms with Gasteiger partial charge < -0.3 is 15.5 Å². The monoisotopic (exact) mass is 443 g/mol. The van der Waals surface area contributed by atoms with Crippen LogP contribution in [0.1, 0.15) is 40.1 Å². The number of anilines is 1. The quantitative estimate of drug-likeness (QED) is 0.522. The molecule has 3 amide bonds. The van der Waals surface area contributed by atoms with Crippen LogP contribution in [0.2, 0.25) is 0 Å². The first-order valence-electron chi connectivity index (χ1n) is 11.1. The van der Waals surface area contributed by atoms with Crippen LogP contribution in [0, 0.1) is 0 Å². The van der Waals surface area contributed by atoms with E-state index >= 15 is 0 Å². The second kappa shape index (κ2) is 11.6. The minimum atomic E-state index is -0.724. The number of amides is 3. The molecule has 0 fully saturated rings.